The van der Waals surface area contributed by atoms with Crippen LogP contribution in [0.15, 0.2) is 32.7 Å². The lowest BCUT2D eigenvalue weighted by molar-refractivity contribution is -0.120. The summed E-state index contributed by atoms with van der Waals surface area (Å²) in [5, 5.41) is -0.485. The second kappa shape index (κ2) is 4.44. The molecule has 3 nitrogen and oxygen atoms in total. The Balaban J connectivity index is 2.47. The average Bonchev–Trinajstić information content (AvgIpc) is 2.48. The molecule has 17 heavy (non-hydrogen) atoms. The standard InChI is InChI=1S/C11H6BrCl2NO2/c1-5-2-3-6(4-7(5)12)15-10(16)8(13)9(14)11(15)17/h2-4H,1H3. The molecule has 1 aliphatic heterocycles. The Morgan fingerprint density at radius 1 is 1.12 bits per heavy atom. The van der Waals surface area contributed by atoms with Crippen LogP contribution in [0.25, 0.3) is 0 Å². The summed E-state index contributed by atoms with van der Waals surface area (Å²) in [7, 11) is 0. The van der Waals surface area contributed by atoms with E-state index in [9.17, 15) is 9.59 Å². The lowest BCUT2D eigenvalue weighted by Gasteiger charge is -2.15. The molecule has 6 heteroatoms. The minimum absolute atomic E-state index is 0.242. The van der Waals surface area contributed by atoms with E-state index in [2.05, 4.69) is 15.9 Å². The molecule has 0 bridgehead atoms. The summed E-state index contributed by atoms with van der Waals surface area (Å²) < 4.78 is 0.801. The minimum atomic E-state index is -0.600. The highest BCUT2D eigenvalue weighted by atomic mass is 79.9. The molecule has 0 spiro atoms. The smallest absolute Gasteiger partial charge is 0.267 e. The highest BCUT2D eigenvalue weighted by Gasteiger charge is 2.37. The summed E-state index contributed by atoms with van der Waals surface area (Å²) in [6.07, 6.45) is 0. The molecule has 2 amide bonds. The van der Waals surface area contributed by atoms with E-state index in [1.807, 2.05) is 6.92 Å². The van der Waals surface area contributed by atoms with Gasteiger partial charge in [0.05, 0.1) is 5.69 Å². The van der Waals surface area contributed by atoms with Gasteiger partial charge in [-0.1, -0.05) is 45.2 Å². The molecule has 88 valence electrons. The van der Waals surface area contributed by atoms with Crippen molar-refractivity contribution < 1.29 is 9.59 Å². The van der Waals surface area contributed by atoms with Gasteiger partial charge < -0.3 is 0 Å². The van der Waals surface area contributed by atoms with Gasteiger partial charge in [-0.25, -0.2) is 4.90 Å². The van der Waals surface area contributed by atoms with Gasteiger partial charge in [-0.05, 0) is 24.6 Å². The summed E-state index contributed by atoms with van der Waals surface area (Å²) in [4.78, 5) is 24.4. The fourth-order valence-electron chi connectivity index (χ4n) is 1.43. The first kappa shape index (κ1) is 12.6. The zero-order valence-electron chi connectivity index (χ0n) is 8.63. The molecule has 0 fully saturated rings. The van der Waals surface area contributed by atoms with Crippen LogP contribution in [0.5, 0.6) is 0 Å². The van der Waals surface area contributed by atoms with Gasteiger partial charge in [0.1, 0.15) is 10.1 Å². The molecule has 0 N–H and O–H groups in total. The molecule has 1 aliphatic rings. The quantitative estimate of drug-likeness (QED) is 0.739. The predicted octanol–water partition coefficient (Wildman–Crippen LogP) is 3.32. The second-order valence-electron chi connectivity index (χ2n) is 3.51. The van der Waals surface area contributed by atoms with Gasteiger partial charge >= 0.3 is 0 Å². The lowest BCUT2D eigenvalue weighted by Crippen LogP contribution is -2.30. The highest BCUT2D eigenvalue weighted by molar-refractivity contribution is 9.10. The van der Waals surface area contributed by atoms with Gasteiger partial charge in [0.15, 0.2) is 0 Å². The number of carbonyl (C=O) groups is 2. The Hall–Kier alpha value is -0.840. The monoisotopic (exact) mass is 333 g/mol. The number of rotatable bonds is 1. The van der Waals surface area contributed by atoms with E-state index in [1.54, 1.807) is 18.2 Å². The molecule has 0 saturated heterocycles. The lowest BCUT2D eigenvalue weighted by atomic mass is 10.2. The van der Waals surface area contributed by atoms with Crippen LogP contribution in [0.4, 0.5) is 5.69 Å². The number of aryl methyl sites for hydroxylation is 1. The maximum Gasteiger partial charge on any atom is 0.278 e. The molecule has 1 heterocycles. The van der Waals surface area contributed by atoms with Crippen molar-refractivity contribution in [2.45, 2.75) is 6.92 Å². The van der Waals surface area contributed by atoms with E-state index in [4.69, 9.17) is 23.2 Å². The van der Waals surface area contributed by atoms with Crippen LogP contribution in [0, 0.1) is 6.92 Å². The SMILES string of the molecule is Cc1ccc(N2C(=O)C(Cl)=C(Cl)C2=O)cc1Br. The predicted molar refractivity (Wildman–Crippen MR) is 70.1 cm³/mol. The Kier molecular flexibility index (Phi) is 3.30. The van der Waals surface area contributed by atoms with Crippen molar-refractivity contribution >= 4 is 56.6 Å². The number of halogens is 3. The Morgan fingerprint density at radius 3 is 2.12 bits per heavy atom. The Morgan fingerprint density at radius 2 is 1.65 bits per heavy atom. The summed E-state index contributed by atoms with van der Waals surface area (Å²) in [5.41, 5.74) is 1.43. The molecule has 0 saturated carbocycles. The summed E-state index contributed by atoms with van der Waals surface area (Å²) in [5.74, 6) is -1.20. The molecule has 1 aromatic rings. The van der Waals surface area contributed by atoms with Crippen molar-refractivity contribution in [1.82, 2.24) is 0 Å². The van der Waals surface area contributed by atoms with Crippen LogP contribution in [-0.4, -0.2) is 11.8 Å². The number of benzene rings is 1. The van der Waals surface area contributed by atoms with Gasteiger partial charge in [-0.2, -0.15) is 0 Å². The topological polar surface area (TPSA) is 37.4 Å². The minimum Gasteiger partial charge on any atom is -0.267 e. The van der Waals surface area contributed by atoms with Crippen molar-refractivity contribution in [3.05, 3.63) is 38.3 Å². The third-order valence-electron chi connectivity index (χ3n) is 2.39. The summed E-state index contributed by atoms with van der Waals surface area (Å²) >= 11 is 14.6. The van der Waals surface area contributed by atoms with Crippen LogP contribution >= 0.6 is 39.1 Å². The number of imide groups is 1. The van der Waals surface area contributed by atoms with E-state index >= 15 is 0 Å². The molecule has 0 atom stereocenters. The number of hydrogen-bond acceptors (Lipinski definition) is 2. The van der Waals surface area contributed by atoms with Crippen molar-refractivity contribution in [2.75, 3.05) is 4.90 Å². The Labute approximate surface area is 116 Å². The molecule has 0 radical (unpaired) electrons. The molecule has 0 aliphatic carbocycles. The first-order valence-corrected chi connectivity index (χ1v) is 6.18. The van der Waals surface area contributed by atoms with Crippen LogP contribution in [0.3, 0.4) is 0 Å². The molecular formula is C11H6BrCl2NO2. The maximum atomic E-state index is 11.7. The maximum absolute atomic E-state index is 11.7. The summed E-state index contributed by atoms with van der Waals surface area (Å²) in [6, 6.07) is 5.13. The van der Waals surface area contributed by atoms with Crippen LogP contribution in [-0.2, 0) is 9.59 Å². The first-order valence-electron chi connectivity index (χ1n) is 4.63. The number of carbonyl (C=O) groups excluding carboxylic acids is 2. The number of anilines is 1. The third-order valence-corrected chi connectivity index (χ3v) is 4.04. The van der Waals surface area contributed by atoms with Gasteiger partial charge in [0, 0.05) is 4.47 Å². The summed E-state index contributed by atoms with van der Waals surface area (Å²) in [6.45, 7) is 1.90. The molecule has 0 unspecified atom stereocenters. The Bertz CT molecular complexity index is 545. The van der Waals surface area contributed by atoms with Crippen LogP contribution in [0.2, 0.25) is 0 Å². The van der Waals surface area contributed by atoms with Gasteiger partial charge in [-0.15, -0.1) is 0 Å². The van der Waals surface area contributed by atoms with E-state index < -0.39 is 11.8 Å². The van der Waals surface area contributed by atoms with E-state index in [0.717, 1.165) is 14.9 Å². The van der Waals surface area contributed by atoms with E-state index in [0.29, 0.717) is 5.69 Å². The van der Waals surface area contributed by atoms with Crippen molar-refractivity contribution in [1.29, 1.82) is 0 Å². The zero-order chi connectivity index (χ0) is 12.7. The normalized spacial score (nSPS) is 16.1. The number of hydrogen-bond donors (Lipinski definition) is 0. The largest absolute Gasteiger partial charge is 0.278 e. The van der Waals surface area contributed by atoms with Gasteiger partial charge in [0.25, 0.3) is 11.8 Å². The highest BCUT2D eigenvalue weighted by Crippen LogP contribution is 2.32. The average molecular weight is 335 g/mol. The number of nitrogens with zero attached hydrogens (tertiary/aromatic N) is 1. The van der Waals surface area contributed by atoms with Crippen molar-refractivity contribution in [2.24, 2.45) is 0 Å². The molecule has 2 rings (SSSR count). The van der Waals surface area contributed by atoms with Crippen molar-refractivity contribution in [3.8, 4) is 0 Å². The fourth-order valence-corrected chi connectivity index (χ4v) is 2.13. The third kappa shape index (κ3) is 2.01. The van der Waals surface area contributed by atoms with Crippen LogP contribution < -0.4 is 4.90 Å². The van der Waals surface area contributed by atoms with Gasteiger partial charge in [-0.3, -0.25) is 9.59 Å². The zero-order valence-corrected chi connectivity index (χ0v) is 11.7. The first-order chi connectivity index (χ1) is 7.93. The molecule has 1 aromatic carbocycles. The number of amides is 2. The molecule has 0 aromatic heterocycles. The van der Waals surface area contributed by atoms with Gasteiger partial charge in [0.2, 0.25) is 0 Å². The van der Waals surface area contributed by atoms with E-state index in [1.165, 1.54) is 0 Å². The van der Waals surface area contributed by atoms with Crippen LogP contribution in [0.1, 0.15) is 5.56 Å². The fraction of sp³-hybridized carbons (Fsp3) is 0.0909. The van der Waals surface area contributed by atoms with Crippen molar-refractivity contribution in [3.63, 3.8) is 0 Å². The second-order valence-corrected chi connectivity index (χ2v) is 5.12. The van der Waals surface area contributed by atoms with E-state index in [-0.39, 0.29) is 10.1 Å². The molecular weight excluding hydrogens is 329 g/mol.